The van der Waals surface area contributed by atoms with Gasteiger partial charge in [-0.3, -0.25) is 0 Å². The summed E-state index contributed by atoms with van der Waals surface area (Å²) in [5, 5.41) is 18.4. The van der Waals surface area contributed by atoms with Crippen molar-refractivity contribution in [1.82, 2.24) is 0 Å². The summed E-state index contributed by atoms with van der Waals surface area (Å²) < 4.78 is 17.1. The molecule has 2 aliphatic heterocycles. The number of allylic oxidation sites excluding steroid dienone is 1. The van der Waals surface area contributed by atoms with Crippen molar-refractivity contribution in [2.75, 3.05) is 13.2 Å². The van der Waals surface area contributed by atoms with Crippen molar-refractivity contribution in [2.45, 2.75) is 57.0 Å². The van der Waals surface area contributed by atoms with Crippen molar-refractivity contribution in [1.29, 1.82) is 0 Å². The van der Waals surface area contributed by atoms with Gasteiger partial charge in [-0.2, -0.15) is 0 Å². The smallest absolute Gasteiger partial charge is 0.336 e. The molecule has 7 heteroatoms. The van der Waals surface area contributed by atoms with Gasteiger partial charge in [0, 0.05) is 12.0 Å². The monoisotopic (exact) mass is 378 g/mol. The fraction of sp³-hybridized carbons (Fsp3) is 0.600. The number of hydrogen-bond donors (Lipinski definition) is 2. The number of carbonyl (C=O) groups is 2. The molecule has 0 bridgehead atoms. The zero-order valence-electron chi connectivity index (χ0n) is 15.6. The first-order chi connectivity index (χ1) is 12.8. The van der Waals surface area contributed by atoms with E-state index in [1.807, 2.05) is 13.8 Å². The van der Waals surface area contributed by atoms with E-state index in [1.54, 1.807) is 0 Å². The lowest BCUT2D eigenvalue weighted by atomic mass is 9.82. The molecule has 0 aromatic rings. The van der Waals surface area contributed by atoms with Crippen LogP contribution in [0.3, 0.4) is 0 Å². The van der Waals surface area contributed by atoms with Crippen molar-refractivity contribution in [3.8, 4) is 0 Å². The van der Waals surface area contributed by atoms with Crippen molar-refractivity contribution >= 4 is 11.9 Å². The van der Waals surface area contributed by atoms with Crippen LogP contribution in [0.5, 0.6) is 0 Å². The molecule has 0 saturated carbocycles. The average Bonchev–Trinajstić information content (AvgIpc) is 3.19. The molecule has 2 fully saturated rings. The second-order valence-corrected chi connectivity index (χ2v) is 7.58. The molecule has 2 heterocycles. The molecule has 1 aliphatic carbocycles. The Kier molecular flexibility index (Phi) is 5.55. The van der Waals surface area contributed by atoms with Crippen LogP contribution in [0, 0.1) is 5.92 Å². The molecule has 0 unspecified atom stereocenters. The Bertz CT molecular complexity index is 707. The van der Waals surface area contributed by atoms with Crippen LogP contribution in [0.2, 0.25) is 0 Å². The second-order valence-electron chi connectivity index (χ2n) is 7.58. The molecule has 5 atom stereocenters. The molecular formula is C20H26O7. The van der Waals surface area contributed by atoms with Gasteiger partial charge in [-0.15, -0.1) is 0 Å². The van der Waals surface area contributed by atoms with Gasteiger partial charge in [0.25, 0.3) is 0 Å². The number of aliphatic hydroxyl groups is 2. The van der Waals surface area contributed by atoms with Crippen LogP contribution in [0.15, 0.2) is 35.5 Å². The number of ether oxygens (including phenoxy) is 3. The number of epoxide rings is 1. The Morgan fingerprint density at radius 3 is 2.89 bits per heavy atom. The van der Waals surface area contributed by atoms with Crippen molar-refractivity contribution in [3.63, 3.8) is 0 Å². The molecule has 2 N–H and O–H groups in total. The maximum absolute atomic E-state index is 12.5. The minimum absolute atomic E-state index is 0.0314. The van der Waals surface area contributed by atoms with Crippen LogP contribution >= 0.6 is 0 Å². The molecule has 27 heavy (non-hydrogen) atoms. The fourth-order valence-corrected chi connectivity index (χ4v) is 3.95. The first kappa shape index (κ1) is 19.8. The lowest BCUT2D eigenvalue weighted by molar-refractivity contribution is -0.149. The summed E-state index contributed by atoms with van der Waals surface area (Å²) >= 11 is 0. The van der Waals surface area contributed by atoms with Gasteiger partial charge in [0.1, 0.15) is 18.3 Å². The SMILES string of the molecule is C=C1C(=O)O[C@@H]2[C@@H]1[C@H](OC(=O)/C(=C/CO)CO)C/C(C)=C/CC[C@@]1(C)O[C@@H]21. The standard InChI is InChI=1S/C20H26O7/c1-11-5-4-7-20(3)17(27-20)16-15(12(2)18(23)26-16)14(9-11)25-19(24)13(10-22)6-8-21/h5-6,14-17,21-22H,2,4,7-10H2,1,3H3/b11-5+,13-6+/t14-,15+,16-,17+,20-/m1/s1. The summed E-state index contributed by atoms with van der Waals surface area (Å²) in [5.74, 6) is -1.76. The molecule has 0 spiro atoms. The normalized spacial score (nSPS) is 38.2. The van der Waals surface area contributed by atoms with Crippen LogP contribution in [-0.2, 0) is 23.8 Å². The van der Waals surface area contributed by atoms with Crippen LogP contribution in [0.25, 0.3) is 0 Å². The minimum atomic E-state index is -0.730. The quantitative estimate of drug-likeness (QED) is 0.328. The van der Waals surface area contributed by atoms with Gasteiger partial charge in [0.15, 0.2) is 0 Å². The molecule has 0 amide bonds. The molecule has 148 valence electrons. The largest absolute Gasteiger partial charge is 0.458 e. The Morgan fingerprint density at radius 2 is 2.22 bits per heavy atom. The lowest BCUT2D eigenvalue weighted by Gasteiger charge is -2.28. The molecule has 3 rings (SSSR count). The van der Waals surface area contributed by atoms with Gasteiger partial charge < -0.3 is 24.4 Å². The lowest BCUT2D eigenvalue weighted by Crippen LogP contribution is -2.38. The van der Waals surface area contributed by atoms with E-state index in [1.165, 1.54) is 6.08 Å². The van der Waals surface area contributed by atoms with Crippen molar-refractivity contribution in [3.05, 3.63) is 35.5 Å². The van der Waals surface area contributed by atoms with Crippen LogP contribution in [0.1, 0.15) is 33.1 Å². The first-order valence-electron chi connectivity index (χ1n) is 9.15. The molecule has 0 aromatic heterocycles. The predicted octanol–water partition coefficient (Wildman–Crippen LogP) is 1.19. The first-order valence-corrected chi connectivity index (χ1v) is 9.15. The predicted molar refractivity (Wildman–Crippen MR) is 95.5 cm³/mol. The summed E-state index contributed by atoms with van der Waals surface area (Å²) in [6, 6.07) is 0. The van der Waals surface area contributed by atoms with Crippen LogP contribution < -0.4 is 0 Å². The zero-order chi connectivity index (χ0) is 19.8. The molecule has 0 aromatic carbocycles. The third-order valence-electron chi connectivity index (χ3n) is 5.59. The summed E-state index contributed by atoms with van der Waals surface area (Å²) in [6.45, 7) is 6.86. The number of carbonyl (C=O) groups excluding carboxylic acids is 2. The maximum Gasteiger partial charge on any atom is 0.336 e. The van der Waals surface area contributed by atoms with E-state index >= 15 is 0 Å². The second kappa shape index (κ2) is 7.58. The van der Waals surface area contributed by atoms with Crippen LogP contribution in [-0.4, -0.2) is 59.3 Å². The van der Waals surface area contributed by atoms with Crippen molar-refractivity contribution < 1.29 is 34.0 Å². The van der Waals surface area contributed by atoms with E-state index in [-0.39, 0.29) is 29.5 Å². The van der Waals surface area contributed by atoms with E-state index in [2.05, 4.69) is 12.7 Å². The minimum Gasteiger partial charge on any atom is -0.458 e. The summed E-state index contributed by atoms with van der Waals surface area (Å²) in [4.78, 5) is 24.6. The number of rotatable bonds is 4. The summed E-state index contributed by atoms with van der Waals surface area (Å²) in [5.41, 5.74) is 0.888. The highest BCUT2D eigenvalue weighted by Crippen LogP contribution is 2.50. The number of fused-ring (bicyclic) bond motifs is 3. The topological polar surface area (TPSA) is 106 Å². The molecule has 3 aliphatic rings. The van der Waals surface area contributed by atoms with Gasteiger partial charge in [-0.1, -0.05) is 18.2 Å². The molecular weight excluding hydrogens is 352 g/mol. The fourth-order valence-electron chi connectivity index (χ4n) is 3.95. The molecule has 2 saturated heterocycles. The number of esters is 2. The van der Waals surface area contributed by atoms with Crippen LogP contribution in [0.4, 0.5) is 0 Å². The van der Waals surface area contributed by atoms with E-state index < -0.39 is 36.7 Å². The van der Waals surface area contributed by atoms with E-state index in [0.717, 1.165) is 18.4 Å². The third kappa shape index (κ3) is 3.85. The Hall–Kier alpha value is -1.96. The van der Waals surface area contributed by atoms with E-state index in [0.29, 0.717) is 6.42 Å². The Labute approximate surface area is 158 Å². The maximum atomic E-state index is 12.5. The van der Waals surface area contributed by atoms with Gasteiger partial charge in [-0.25, -0.2) is 9.59 Å². The van der Waals surface area contributed by atoms with E-state index in [4.69, 9.17) is 19.3 Å². The summed E-state index contributed by atoms with van der Waals surface area (Å²) in [7, 11) is 0. The number of aliphatic hydroxyl groups excluding tert-OH is 2. The average molecular weight is 378 g/mol. The third-order valence-corrected chi connectivity index (χ3v) is 5.59. The van der Waals surface area contributed by atoms with Gasteiger partial charge in [0.2, 0.25) is 0 Å². The van der Waals surface area contributed by atoms with E-state index in [9.17, 15) is 14.7 Å². The summed E-state index contributed by atoms with van der Waals surface area (Å²) in [6.07, 6.45) is 3.85. The zero-order valence-corrected chi connectivity index (χ0v) is 15.6. The highest BCUT2D eigenvalue weighted by Gasteiger charge is 2.63. The van der Waals surface area contributed by atoms with Crippen molar-refractivity contribution in [2.24, 2.45) is 5.92 Å². The molecule has 7 nitrogen and oxygen atoms in total. The highest BCUT2D eigenvalue weighted by molar-refractivity contribution is 5.92. The Balaban J connectivity index is 1.92. The Morgan fingerprint density at radius 1 is 1.48 bits per heavy atom. The van der Waals surface area contributed by atoms with Gasteiger partial charge in [-0.05, 0) is 32.8 Å². The highest BCUT2D eigenvalue weighted by atomic mass is 16.6. The van der Waals surface area contributed by atoms with Gasteiger partial charge in [0.05, 0.1) is 30.3 Å². The number of hydrogen-bond acceptors (Lipinski definition) is 7. The van der Waals surface area contributed by atoms with Gasteiger partial charge >= 0.3 is 11.9 Å². The molecule has 0 radical (unpaired) electrons.